The van der Waals surface area contributed by atoms with Crippen molar-refractivity contribution < 1.29 is 19.2 Å². The number of carbonyl (C=O) groups excluding carboxylic acids is 1. The number of para-hydroxylation sites is 2. The van der Waals surface area contributed by atoms with Crippen LogP contribution in [0.1, 0.15) is 21.7 Å². The van der Waals surface area contributed by atoms with E-state index in [-0.39, 0.29) is 35.6 Å². The van der Waals surface area contributed by atoms with E-state index in [1.807, 2.05) is 0 Å². The highest BCUT2D eigenvalue weighted by atomic mass is 16.6. The van der Waals surface area contributed by atoms with Gasteiger partial charge in [0.05, 0.1) is 17.7 Å². The minimum Gasteiger partial charge on any atom is -0.495 e. The smallest absolute Gasteiger partial charge is 0.345 e. The lowest BCUT2D eigenvalue weighted by atomic mass is 10.1. The van der Waals surface area contributed by atoms with Crippen molar-refractivity contribution >= 4 is 29.2 Å². The molecule has 154 valence electrons. The number of aromatic nitrogens is 3. The fraction of sp³-hybridized carbons (Fsp3) is 0.158. The van der Waals surface area contributed by atoms with E-state index in [1.165, 1.54) is 19.2 Å². The molecule has 3 N–H and O–H groups in total. The molecule has 0 aliphatic rings. The van der Waals surface area contributed by atoms with Crippen molar-refractivity contribution in [3.05, 3.63) is 69.5 Å². The molecule has 0 aliphatic heterocycles. The van der Waals surface area contributed by atoms with Gasteiger partial charge in [-0.05, 0) is 24.6 Å². The first kappa shape index (κ1) is 20.5. The van der Waals surface area contributed by atoms with Gasteiger partial charge in [0.1, 0.15) is 11.3 Å². The molecule has 0 fully saturated rings. The van der Waals surface area contributed by atoms with E-state index in [9.17, 15) is 14.9 Å². The summed E-state index contributed by atoms with van der Waals surface area (Å²) in [6, 6.07) is 11.4. The molecule has 0 atom stereocenters. The molecule has 0 aliphatic carbocycles. The number of nitro benzene ring substituents is 1. The zero-order chi connectivity index (χ0) is 21.7. The van der Waals surface area contributed by atoms with Crippen LogP contribution in [0, 0.1) is 17.0 Å². The number of nitrogens with zero attached hydrogens (tertiary/aromatic N) is 4. The number of methoxy groups -OCH3 is 1. The van der Waals surface area contributed by atoms with Crippen molar-refractivity contribution in [1.29, 1.82) is 0 Å². The highest BCUT2D eigenvalue weighted by molar-refractivity contribution is 5.95. The highest BCUT2D eigenvalue weighted by Crippen LogP contribution is 2.26. The van der Waals surface area contributed by atoms with Crippen LogP contribution in [0.2, 0.25) is 0 Å². The second-order valence-electron chi connectivity index (χ2n) is 6.06. The third-order valence-electron chi connectivity index (χ3n) is 4.04. The fourth-order valence-corrected chi connectivity index (χ4v) is 2.70. The number of benzene rings is 2. The molecule has 0 saturated heterocycles. The van der Waals surface area contributed by atoms with Gasteiger partial charge in [0.2, 0.25) is 11.9 Å². The maximum atomic E-state index is 12.4. The first-order chi connectivity index (χ1) is 14.4. The molecule has 0 saturated carbocycles. The number of rotatable bonds is 7. The lowest BCUT2D eigenvalue weighted by Crippen LogP contribution is -2.13. The second kappa shape index (κ2) is 8.82. The zero-order valence-corrected chi connectivity index (χ0v) is 16.2. The predicted molar refractivity (Wildman–Crippen MR) is 107 cm³/mol. The number of anilines is 3. The Kier molecular flexibility index (Phi) is 6.01. The monoisotopic (exact) mass is 410 g/mol. The van der Waals surface area contributed by atoms with Gasteiger partial charge in [0.25, 0.3) is 5.69 Å². The maximum absolute atomic E-state index is 12.4. The summed E-state index contributed by atoms with van der Waals surface area (Å²) in [7, 11) is 1.53. The summed E-state index contributed by atoms with van der Waals surface area (Å²) in [6.07, 6.45) is 0. The first-order valence-corrected chi connectivity index (χ1v) is 8.70. The van der Waals surface area contributed by atoms with Gasteiger partial charge < -0.3 is 20.5 Å². The lowest BCUT2D eigenvalue weighted by molar-refractivity contribution is -0.385. The number of hydrogen-bond acceptors (Lipinski definition) is 10. The van der Waals surface area contributed by atoms with Gasteiger partial charge in [-0.15, -0.1) is 0 Å². The summed E-state index contributed by atoms with van der Waals surface area (Å²) < 4.78 is 10.4. The van der Waals surface area contributed by atoms with E-state index in [4.69, 9.17) is 15.2 Å². The van der Waals surface area contributed by atoms with Crippen molar-refractivity contribution in [2.24, 2.45) is 0 Å². The van der Waals surface area contributed by atoms with Crippen LogP contribution in [-0.4, -0.2) is 33.0 Å². The van der Waals surface area contributed by atoms with E-state index in [2.05, 4.69) is 20.3 Å². The Labute approximate surface area is 171 Å². The number of ether oxygens (including phenoxy) is 2. The number of nitrogens with one attached hydrogen (secondary N) is 1. The predicted octanol–water partition coefficient (Wildman–Crippen LogP) is 2.78. The van der Waals surface area contributed by atoms with E-state index >= 15 is 0 Å². The molecule has 0 amide bonds. The van der Waals surface area contributed by atoms with Gasteiger partial charge in [-0.1, -0.05) is 24.3 Å². The standard InChI is InChI=1S/C19H18N6O5/c1-11-6-5-8-13(25(27)28)16(11)17(26)30-10-15-22-18(20)24-19(23-15)21-12-7-3-4-9-14(12)29-2/h3-9H,10H2,1-2H3,(H3,20,21,22,23,24). The quantitative estimate of drug-likeness (QED) is 0.337. The topological polar surface area (TPSA) is 155 Å². The number of nitrogen functional groups attached to an aromatic ring is 1. The van der Waals surface area contributed by atoms with E-state index < -0.39 is 10.9 Å². The zero-order valence-electron chi connectivity index (χ0n) is 16.2. The first-order valence-electron chi connectivity index (χ1n) is 8.70. The molecule has 0 bridgehead atoms. The number of nitro groups is 1. The van der Waals surface area contributed by atoms with Crippen molar-refractivity contribution in [3.8, 4) is 5.75 Å². The average Bonchev–Trinajstić information content (AvgIpc) is 2.71. The number of hydrogen-bond donors (Lipinski definition) is 2. The van der Waals surface area contributed by atoms with Gasteiger partial charge in [-0.25, -0.2) is 4.79 Å². The fourth-order valence-electron chi connectivity index (χ4n) is 2.70. The molecular formula is C19H18N6O5. The van der Waals surface area contributed by atoms with Crippen molar-refractivity contribution in [2.75, 3.05) is 18.2 Å². The number of aryl methyl sites for hydroxylation is 1. The van der Waals surface area contributed by atoms with Crippen LogP contribution >= 0.6 is 0 Å². The molecule has 0 radical (unpaired) electrons. The van der Waals surface area contributed by atoms with Crippen LogP contribution in [0.5, 0.6) is 5.75 Å². The molecule has 11 heteroatoms. The van der Waals surface area contributed by atoms with Gasteiger partial charge >= 0.3 is 5.97 Å². The Balaban J connectivity index is 1.79. The maximum Gasteiger partial charge on any atom is 0.345 e. The van der Waals surface area contributed by atoms with E-state index in [0.29, 0.717) is 17.0 Å². The molecule has 0 spiro atoms. The summed E-state index contributed by atoms with van der Waals surface area (Å²) in [4.78, 5) is 35.1. The molecule has 30 heavy (non-hydrogen) atoms. The van der Waals surface area contributed by atoms with Crippen LogP contribution in [0.4, 0.5) is 23.3 Å². The van der Waals surface area contributed by atoms with E-state index in [1.54, 1.807) is 37.3 Å². The van der Waals surface area contributed by atoms with E-state index in [0.717, 1.165) is 0 Å². The van der Waals surface area contributed by atoms with Crippen LogP contribution in [0.25, 0.3) is 0 Å². The Bertz CT molecular complexity index is 1100. The second-order valence-corrected chi connectivity index (χ2v) is 6.06. The molecule has 1 heterocycles. The minimum atomic E-state index is -0.863. The van der Waals surface area contributed by atoms with Crippen LogP contribution in [0.15, 0.2) is 42.5 Å². The Hall–Kier alpha value is -4.28. The minimum absolute atomic E-state index is 0.0736. The molecule has 1 aromatic heterocycles. The third-order valence-corrected chi connectivity index (χ3v) is 4.04. The SMILES string of the molecule is COc1ccccc1Nc1nc(N)nc(COC(=O)c2c(C)cccc2[N+](=O)[O-])n1. The highest BCUT2D eigenvalue weighted by Gasteiger charge is 2.24. The Morgan fingerprint density at radius 1 is 1.17 bits per heavy atom. The van der Waals surface area contributed by atoms with Crippen LogP contribution in [0.3, 0.4) is 0 Å². The molecule has 3 aromatic rings. The summed E-state index contributed by atoms with van der Waals surface area (Å²) in [5.41, 5.74) is 6.28. The van der Waals surface area contributed by atoms with Gasteiger partial charge in [0.15, 0.2) is 12.4 Å². The summed E-state index contributed by atoms with van der Waals surface area (Å²) >= 11 is 0. The Morgan fingerprint density at radius 2 is 1.93 bits per heavy atom. The van der Waals surface area contributed by atoms with Gasteiger partial charge in [-0.2, -0.15) is 15.0 Å². The molecule has 3 rings (SSSR count). The van der Waals surface area contributed by atoms with Gasteiger partial charge in [0, 0.05) is 6.07 Å². The van der Waals surface area contributed by atoms with Crippen molar-refractivity contribution in [3.63, 3.8) is 0 Å². The van der Waals surface area contributed by atoms with Crippen molar-refractivity contribution in [1.82, 2.24) is 15.0 Å². The van der Waals surface area contributed by atoms with Crippen LogP contribution < -0.4 is 15.8 Å². The van der Waals surface area contributed by atoms with Gasteiger partial charge in [-0.3, -0.25) is 10.1 Å². The third kappa shape index (κ3) is 4.58. The lowest BCUT2D eigenvalue weighted by Gasteiger charge is -2.11. The average molecular weight is 410 g/mol. The Morgan fingerprint density at radius 3 is 2.67 bits per heavy atom. The molecule has 2 aromatic carbocycles. The summed E-state index contributed by atoms with van der Waals surface area (Å²) in [5.74, 6) is -0.186. The molecule has 0 unspecified atom stereocenters. The summed E-state index contributed by atoms with van der Waals surface area (Å²) in [6.45, 7) is 1.23. The number of esters is 1. The van der Waals surface area contributed by atoms with Crippen LogP contribution in [-0.2, 0) is 11.3 Å². The summed E-state index contributed by atoms with van der Waals surface area (Å²) in [5, 5.41) is 14.2. The largest absolute Gasteiger partial charge is 0.495 e. The molecule has 11 nitrogen and oxygen atoms in total. The number of carbonyl (C=O) groups is 1. The number of nitrogens with two attached hydrogens (primary N) is 1. The normalized spacial score (nSPS) is 10.3. The van der Waals surface area contributed by atoms with Crippen molar-refractivity contribution in [2.45, 2.75) is 13.5 Å². The molecular weight excluding hydrogens is 392 g/mol.